The zero-order chi connectivity index (χ0) is 13.4. The summed E-state index contributed by atoms with van der Waals surface area (Å²) >= 11 is 3.14. The van der Waals surface area contributed by atoms with Crippen LogP contribution in [0.3, 0.4) is 0 Å². The van der Waals surface area contributed by atoms with E-state index >= 15 is 0 Å². The van der Waals surface area contributed by atoms with Gasteiger partial charge in [-0.05, 0) is 60.1 Å². The molecule has 0 aromatic heterocycles. The quantitative estimate of drug-likeness (QED) is 0.740. The van der Waals surface area contributed by atoms with Gasteiger partial charge in [0.2, 0.25) is 5.91 Å². The minimum absolute atomic E-state index is 0. The van der Waals surface area contributed by atoms with Gasteiger partial charge in [0.05, 0.1) is 4.47 Å². The molecule has 6 heteroatoms. The molecule has 108 valence electrons. The zero-order valence-electron chi connectivity index (χ0n) is 10.8. The van der Waals surface area contributed by atoms with E-state index in [0.29, 0.717) is 23.9 Å². The highest BCUT2D eigenvalue weighted by molar-refractivity contribution is 9.10. The summed E-state index contributed by atoms with van der Waals surface area (Å²) in [7, 11) is 1.87. The maximum atomic E-state index is 13.0. The van der Waals surface area contributed by atoms with E-state index in [1.165, 1.54) is 6.07 Å². The van der Waals surface area contributed by atoms with E-state index in [1.807, 2.05) is 7.05 Å². The van der Waals surface area contributed by atoms with Gasteiger partial charge in [0.15, 0.2) is 0 Å². The summed E-state index contributed by atoms with van der Waals surface area (Å²) in [5.74, 6) is -0.207. The van der Waals surface area contributed by atoms with E-state index < -0.39 is 0 Å². The van der Waals surface area contributed by atoms with Crippen molar-refractivity contribution < 1.29 is 9.18 Å². The van der Waals surface area contributed by atoms with Crippen LogP contribution >= 0.6 is 28.3 Å². The highest BCUT2D eigenvalue weighted by atomic mass is 79.9. The van der Waals surface area contributed by atoms with Crippen LogP contribution < -0.4 is 10.6 Å². The first-order valence-electron chi connectivity index (χ1n) is 5.98. The summed E-state index contributed by atoms with van der Waals surface area (Å²) < 4.78 is 13.5. The average molecular weight is 354 g/mol. The van der Waals surface area contributed by atoms with Crippen LogP contribution in [0.1, 0.15) is 18.4 Å². The number of hydrogen-bond acceptors (Lipinski definition) is 2. The van der Waals surface area contributed by atoms with E-state index in [-0.39, 0.29) is 24.1 Å². The molecular weight excluding hydrogens is 335 g/mol. The van der Waals surface area contributed by atoms with Crippen molar-refractivity contribution in [1.82, 2.24) is 10.6 Å². The van der Waals surface area contributed by atoms with Gasteiger partial charge in [0.1, 0.15) is 5.82 Å². The minimum atomic E-state index is -0.269. The number of carbonyl (C=O) groups excluding carboxylic acids is 1. The summed E-state index contributed by atoms with van der Waals surface area (Å²) in [5, 5.41) is 5.84. The molecule has 0 saturated heterocycles. The fraction of sp³-hybridized carbons (Fsp3) is 0.462. The van der Waals surface area contributed by atoms with Gasteiger partial charge in [-0.1, -0.05) is 6.07 Å². The second-order valence-electron chi connectivity index (χ2n) is 4.06. The van der Waals surface area contributed by atoms with Crippen molar-refractivity contribution in [1.29, 1.82) is 0 Å². The Bertz CT molecular complexity index is 404. The first-order chi connectivity index (χ1) is 8.63. The molecule has 0 bridgehead atoms. The summed E-state index contributed by atoms with van der Waals surface area (Å²) in [4.78, 5) is 11.4. The first-order valence-corrected chi connectivity index (χ1v) is 6.78. The van der Waals surface area contributed by atoms with Gasteiger partial charge in [0, 0.05) is 13.0 Å². The first kappa shape index (κ1) is 18.4. The predicted octanol–water partition coefficient (Wildman–Crippen LogP) is 2.67. The molecule has 0 atom stereocenters. The molecular formula is C13H19BrClFN2O. The van der Waals surface area contributed by atoms with E-state index in [4.69, 9.17) is 0 Å². The van der Waals surface area contributed by atoms with Crippen LogP contribution in [0.25, 0.3) is 0 Å². The zero-order valence-corrected chi connectivity index (χ0v) is 13.2. The fourth-order valence-electron chi connectivity index (χ4n) is 1.56. The maximum absolute atomic E-state index is 13.0. The Hall–Kier alpha value is -0.650. The minimum Gasteiger partial charge on any atom is -0.356 e. The largest absolute Gasteiger partial charge is 0.356 e. The third kappa shape index (κ3) is 7.50. The number of nitrogens with one attached hydrogen (secondary N) is 2. The van der Waals surface area contributed by atoms with Crippen LogP contribution in [0, 0.1) is 5.82 Å². The Morgan fingerprint density at radius 2 is 2.11 bits per heavy atom. The molecule has 0 fully saturated rings. The second-order valence-corrected chi connectivity index (χ2v) is 4.91. The van der Waals surface area contributed by atoms with E-state index in [1.54, 1.807) is 12.1 Å². The smallest absolute Gasteiger partial charge is 0.220 e. The molecule has 3 nitrogen and oxygen atoms in total. The highest BCUT2D eigenvalue weighted by Gasteiger charge is 2.02. The lowest BCUT2D eigenvalue weighted by molar-refractivity contribution is -0.121. The van der Waals surface area contributed by atoms with Gasteiger partial charge in [-0.2, -0.15) is 0 Å². The van der Waals surface area contributed by atoms with E-state index in [2.05, 4.69) is 26.6 Å². The van der Waals surface area contributed by atoms with Crippen LogP contribution in [-0.4, -0.2) is 26.0 Å². The number of carbonyl (C=O) groups is 1. The van der Waals surface area contributed by atoms with Crippen molar-refractivity contribution in [3.05, 3.63) is 34.1 Å². The SMILES string of the molecule is CNCCCC(=O)NCCc1ccc(F)c(Br)c1.Cl. The van der Waals surface area contributed by atoms with E-state index in [0.717, 1.165) is 18.5 Å². The lowest BCUT2D eigenvalue weighted by Crippen LogP contribution is -2.26. The van der Waals surface area contributed by atoms with Crippen molar-refractivity contribution in [2.24, 2.45) is 0 Å². The van der Waals surface area contributed by atoms with Gasteiger partial charge in [-0.3, -0.25) is 4.79 Å². The van der Waals surface area contributed by atoms with Crippen molar-refractivity contribution in [3.8, 4) is 0 Å². The van der Waals surface area contributed by atoms with Crippen molar-refractivity contribution >= 4 is 34.2 Å². The molecule has 0 radical (unpaired) electrons. The van der Waals surface area contributed by atoms with Gasteiger partial charge < -0.3 is 10.6 Å². The third-order valence-corrected chi connectivity index (χ3v) is 3.16. The molecule has 1 rings (SSSR count). The molecule has 1 aromatic rings. The monoisotopic (exact) mass is 352 g/mol. The summed E-state index contributed by atoms with van der Waals surface area (Å²) in [5.41, 5.74) is 0.999. The highest BCUT2D eigenvalue weighted by Crippen LogP contribution is 2.16. The van der Waals surface area contributed by atoms with Crippen molar-refractivity contribution in [2.45, 2.75) is 19.3 Å². The number of rotatable bonds is 7. The molecule has 0 spiro atoms. The van der Waals surface area contributed by atoms with Crippen LogP contribution in [0.15, 0.2) is 22.7 Å². The predicted molar refractivity (Wildman–Crippen MR) is 81.2 cm³/mol. The topological polar surface area (TPSA) is 41.1 Å². The Balaban J connectivity index is 0.00000324. The molecule has 0 aliphatic rings. The van der Waals surface area contributed by atoms with Crippen molar-refractivity contribution in [2.75, 3.05) is 20.1 Å². The van der Waals surface area contributed by atoms with Gasteiger partial charge in [0.25, 0.3) is 0 Å². The number of halogens is 3. The van der Waals surface area contributed by atoms with Gasteiger partial charge in [-0.25, -0.2) is 4.39 Å². The Morgan fingerprint density at radius 1 is 1.37 bits per heavy atom. The number of amides is 1. The van der Waals surface area contributed by atoms with Crippen LogP contribution in [0.4, 0.5) is 4.39 Å². The van der Waals surface area contributed by atoms with E-state index in [9.17, 15) is 9.18 Å². The Labute approximate surface area is 127 Å². The molecule has 2 N–H and O–H groups in total. The summed E-state index contributed by atoms with van der Waals surface area (Å²) in [6.07, 6.45) is 2.08. The maximum Gasteiger partial charge on any atom is 0.220 e. The third-order valence-electron chi connectivity index (χ3n) is 2.55. The fourth-order valence-corrected chi connectivity index (χ4v) is 1.98. The lowest BCUT2D eigenvalue weighted by atomic mass is 10.1. The average Bonchev–Trinajstić information content (AvgIpc) is 2.34. The van der Waals surface area contributed by atoms with Gasteiger partial charge >= 0.3 is 0 Å². The Morgan fingerprint density at radius 3 is 2.74 bits per heavy atom. The van der Waals surface area contributed by atoms with Gasteiger partial charge in [-0.15, -0.1) is 12.4 Å². The normalized spacial score (nSPS) is 9.84. The van der Waals surface area contributed by atoms with Crippen LogP contribution in [-0.2, 0) is 11.2 Å². The molecule has 1 amide bonds. The summed E-state index contributed by atoms with van der Waals surface area (Å²) in [6, 6.07) is 4.89. The Kier molecular flexibility index (Phi) is 9.83. The molecule has 1 aromatic carbocycles. The number of benzene rings is 1. The lowest BCUT2D eigenvalue weighted by Gasteiger charge is -2.06. The molecule has 0 heterocycles. The molecule has 19 heavy (non-hydrogen) atoms. The van der Waals surface area contributed by atoms with Crippen LogP contribution in [0.5, 0.6) is 0 Å². The summed E-state index contributed by atoms with van der Waals surface area (Å²) in [6.45, 7) is 1.43. The molecule has 0 unspecified atom stereocenters. The molecule has 0 saturated carbocycles. The molecule has 0 aliphatic carbocycles. The standard InChI is InChI=1S/C13H18BrFN2O.ClH/c1-16-7-2-3-13(18)17-8-6-10-4-5-12(15)11(14)9-10;/h4-5,9,16H,2-3,6-8H2,1H3,(H,17,18);1H. The van der Waals surface area contributed by atoms with Crippen LogP contribution in [0.2, 0.25) is 0 Å². The van der Waals surface area contributed by atoms with Crippen molar-refractivity contribution in [3.63, 3.8) is 0 Å². The number of hydrogen-bond donors (Lipinski definition) is 2. The molecule has 0 aliphatic heterocycles. The second kappa shape index (κ2) is 10.2.